The van der Waals surface area contributed by atoms with E-state index in [1.165, 1.54) is 0 Å². The number of carbonyl (C=O) groups is 3. The number of halogens is 1. The first kappa shape index (κ1) is 34.3. The van der Waals surface area contributed by atoms with Crippen molar-refractivity contribution in [2.75, 3.05) is 29.5 Å². The first-order valence-electron chi connectivity index (χ1n) is 17.0. The van der Waals surface area contributed by atoms with E-state index in [1.54, 1.807) is 38.6 Å². The lowest BCUT2D eigenvalue weighted by molar-refractivity contribution is -0.141. The van der Waals surface area contributed by atoms with Gasteiger partial charge in [0.2, 0.25) is 11.8 Å². The Morgan fingerprint density at radius 3 is 2.16 bits per heavy atom. The van der Waals surface area contributed by atoms with Crippen molar-refractivity contribution in [3.8, 4) is 0 Å². The van der Waals surface area contributed by atoms with Crippen molar-refractivity contribution in [2.45, 2.75) is 39.7 Å². The highest BCUT2D eigenvalue weighted by Gasteiger charge is 2.76. The van der Waals surface area contributed by atoms with Crippen molar-refractivity contribution in [1.82, 2.24) is 4.90 Å². The molecule has 0 aliphatic carbocycles. The number of aliphatic hydroxyl groups is 1. The molecule has 7 rings (SSSR count). The van der Waals surface area contributed by atoms with E-state index in [9.17, 15) is 9.90 Å². The van der Waals surface area contributed by atoms with E-state index in [0.717, 1.165) is 22.0 Å². The number of hydrogen-bond acceptors (Lipinski definition) is 5. The Balaban J connectivity index is 1.35. The van der Waals surface area contributed by atoms with Gasteiger partial charge in [-0.2, -0.15) is 0 Å². The largest absolute Gasteiger partial charge is 0.394 e. The molecule has 4 aromatic rings. The molecule has 3 unspecified atom stereocenters. The molecule has 0 aromatic heterocycles. The van der Waals surface area contributed by atoms with Crippen LogP contribution < -0.4 is 9.80 Å². The number of thioether (sulfide) groups is 1. The van der Waals surface area contributed by atoms with E-state index in [1.807, 2.05) is 103 Å². The number of amides is 3. The SMILES string of the molecule is C=CCN(C(=O)C1N([C@@H](CO)Cc2ccccc2)C(=O)[C@@H]2[C@@H](C(=O)N(CC=C)c3ccccc3)[C@@H]3SC12CC3Br)c1ccc2ccccc2c1. The van der Waals surface area contributed by atoms with Gasteiger partial charge >= 0.3 is 0 Å². The van der Waals surface area contributed by atoms with Crippen molar-refractivity contribution in [3.05, 3.63) is 134 Å². The zero-order valence-corrected chi connectivity index (χ0v) is 30.1. The van der Waals surface area contributed by atoms with Crippen LogP contribution >= 0.6 is 27.7 Å². The van der Waals surface area contributed by atoms with E-state index in [4.69, 9.17) is 0 Å². The number of likely N-dealkylation sites (tertiary alicyclic amines) is 1. The minimum Gasteiger partial charge on any atom is -0.394 e. The summed E-state index contributed by atoms with van der Waals surface area (Å²) in [5, 5.41) is 12.8. The first-order chi connectivity index (χ1) is 24.3. The van der Waals surface area contributed by atoms with Gasteiger partial charge in [-0.1, -0.05) is 107 Å². The van der Waals surface area contributed by atoms with Gasteiger partial charge in [0.25, 0.3) is 5.91 Å². The van der Waals surface area contributed by atoms with Crippen LogP contribution in [0.15, 0.2) is 128 Å². The van der Waals surface area contributed by atoms with Crippen molar-refractivity contribution >= 4 is 67.6 Å². The number of para-hydroxylation sites is 1. The highest BCUT2D eigenvalue weighted by molar-refractivity contribution is 9.09. The monoisotopic (exact) mass is 749 g/mol. The Kier molecular flexibility index (Phi) is 9.74. The molecule has 256 valence electrons. The normalized spacial score (nSPS) is 25.7. The number of aliphatic hydroxyl groups excluding tert-OH is 1. The van der Waals surface area contributed by atoms with Gasteiger partial charge < -0.3 is 19.8 Å². The number of carbonyl (C=O) groups excluding carboxylic acids is 3. The molecule has 3 aliphatic heterocycles. The summed E-state index contributed by atoms with van der Waals surface area (Å²) >= 11 is 5.51. The topological polar surface area (TPSA) is 81.2 Å². The van der Waals surface area contributed by atoms with Gasteiger partial charge in [0, 0.05) is 34.5 Å². The van der Waals surface area contributed by atoms with Gasteiger partial charge in [-0.15, -0.1) is 24.9 Å². The Labute approximate surface area is 305 Å². The molecule has 3 amide bonds. The maximum atomic E-state index is 15.3. The summed E-state index contributed by atoms with van der Waals surface area (Å²) in [5.41, 5.74) is 2.37. The summed E-state index contributed by atoms with van der Waals surface area (Å²) in [6.07, 6.45) is 4.29. The van der Waals surface area contributed by atoms with E-state index >= 15 is 9.59 Å². The quantitative estimate of drug-likeness (QED) is 0.130. The number of nitrogens with zero attached hydrogens (tertiary/aromatic N) is 3. The van der Waals surface area contributed by atoms with Crippen LogP contribution in [0.25, 0.3) is 10.8 Å². The molecule has 1 spiro atoms. The Hall–Kier alpha value is -4.18. The first-order valence-corrected chi connectivity index (χ1v) is 18.8. The molecular formula is C41H40BrN3O4S. The Morgan fingerprint density at radius 1 is 0.880 bits per heavy atom. The third-order valence-corrected chi connectivity index (χ3v) is 13.7. The fourth-order valence-corrected chi connectivity index (χ4v) is 11.9. The number of anilines is 2. The third-order valence-electron chi connectivity index (χ3n) is 10.4. The number of fused-ring (bicyclic) bond motifs is 2. The van der Waals surface area contributed by atoms with Crippen LogP contribution in [-0.4, -0.2) is 74.3 Å². The number of benzene rings is 4. The lowest BCUT2D eigenvalue weighted by Crippen LogP contribution is -2.58. The van der Waals surface area contributed by atoms with Crippen LogP contribution in [-0.2, 0) is 20.8 Å². The molecular weight excluding hydrogens is 710 g/mol. The second-order valence-corrected chi connectivity index (χ2v) is 16.0. The minimum absolute atomic E-state index is 0.0997. The van der Waals surface area contributed by atoms with Gasteiger partial charge in [-0.25, -0.2) is 0 Å². The predicted octanol–water partition coefficient (Wildman–Crippen LogP) is 6.65. The molecule has 50 heavy (non-hydrogen) atoms. The Morgan fingerprint density at radius 2 is 1.50 bits per heavy atom. The van der Waals surface area contributed by atoms with Gasteiger partial charge in [0.05, 0.1) is 29.2 Å². The summed E-state index contributed by atoms with van der Waals surface area (Å²) in [6, 6.07) is 31.5. The van der Waals surface area contributed by atoms with Crippen molar-refractivity contribution < 1.29 is 19.5 Å². The van der Waals surface area contributed by atoms with Gasteiger partial charge in [0.1, 0.15) is 6.04 Å². The summed E-state index contributed by atoms with van der Waals surface area (Å²) < 4.78 is -0.899. The minimum atomic E-state index is -0.926. The van der Waals surface area contributed by atoms with Crippen molar-refractivity contribution in [1.29, 1.82) is 0 Å². The summed E-state index contributed by atoms with van der Waals surface area (Å²) in [7, 11) is 0. The Bertz CT molecular complexity index is 1920. The average molecular weight is 751 g/mol. The van der Waals surface area contributed by atoms with Crippen molar-refractivity contribution in [3.63, 3.8) is 0 Å². The summed E-state index contributed by atoms with van der Waals surface area (Å²) in [5.74, 6) is -2.09. The van der Waals surface area contributed by atoms with Crippen LogP contribution in [0.2, 0.25) is 0 Å². The third kappa shape index (κ3) is 5.79. The zero-order chi connectivity index (χ0) is 35.0. The molecule has 0 saturated carbocycles. The van der Waals surface area contributed by atoms with Crippen LogP contribution in [0.5, 0.6) is 0 Å². The smallest absolute Gasteiger partial charge is 0.251 e. The highest BCUT2D eigenvalue weighted by Crippen LogP contribution is 2.68. The number of alkyl halides is 1. The maximum absolute atomic E-state index is 15.3. The lowest BCUT2D eigenvalue weighted by atomic mass is 9.70. The molecule has 3 fully saturated rings. The lowest BCUT2D eigenvalue weighted by Gasteiger charge is -2.40. The van der Waals surface area contributed by atoms with Crippen LogP contribution in [0.3, 0.4) is 0 Å². The molecule has 2 bridgehead atoms. The molecule has 9 heteroatoms. The van der Waals surface area contributed by atoms with Gasteiger partial charge in [0.15, 0.2) is 0 Å². The molecule has 7 nitrogen and oxygen atoms in total. The van der Waals surface area contributed by atoms with Gasteiger partial charge in [-0.3, -0.25) is 14.4 Å². The fraction of sp³-hybridized carbons (Fsp3) is 0.293. The number of hydrogen-bond donors (Lipinski definition) is 1. The van der Waals surface area contributed by atoms with Crippen LogP contribution in [0.1, 0.15) is 12.0 Å². The van der Waals surface area contributed by atoms with Crippen LogP contribution in [0, 0.1) is 11.8 Å². The summed E-state index contributed by atoms with van der Waals surface area (Å²) in [6.45, 7) is 8.08. The second kappa shape index (κ2) is 14.2. The second-order valence-electron chi connectivity index (χ2n) is 13.3. The van der Waals surface area contributed by atoms with Crippen molar-refractivity contribution in [2.24, 2.45) is 11.8 Å². The van der Waals surface area contributed by atoms with E-state index in [2.05, 4.69) is 29.1 Å². The molecule has 3 saturated heterocycles. The standard InChI is InChI=1S/C41H40BrN3O4S/c1-3-21-43(30-17-9-6-10-18-30)38(47)34-35-39(48)45(32(26-46)23-27-13-7-5-8-14-27)37(41(35)25-33(42)36(34)50-41)40(49)44(22-4-2)31-20-19-28-15-11-12-16-29(28)24-31/h3-20,24,32-37,46H,1-2,21-23,25-26H2/t32-,33?,34-,35+,36-,37?,41?/m1/s1. The fourth-order valence-electron chi connectivity index (χ4n) is 8.34. The van der Waals surface area contributed by atoms with Crippen LogP contribution in [0.4, 0.5) is 11.4 Å². The van der Waals surface area contributed by atoms with E-state index in [-0.39, 0.29) is 47.5 Å². The molecule has 0 radical (unpaired) electrons. The average Bonchev–Trinajstić information content (AvgIpc) is 3.75. The van der Waals surface area contributed by atoms with Gasteiger partial charge in [-0.05, 0) is 53.4 Å². The van der Waals surface area contributed by atoms with E-state index in [0.29, 0.717) is 18.5 Å². The molecule has 3 heterocycles. The number of rotatable bonds is 12. The highest BCUT2D eigenvalue weighted by atomic mass is 79.9. The molecule has 3 aliphatic rings. The zero-order valence-electron chi connectivity index (χ0n) is 27.7. The van der Waals surface area contributed by atoms with E-state index < -0.39 is 28.7 Å². The molecule has 4 aromatic carbocycles. The molecule has 1 N–H and O–H groups in total. The maximum Gasteiger partial charge on any atom is 0.251 e. The molecule has 7 atom stereocenters. The summed E-state index contributed by atoms with van der Waals surface area (Å²) in [4.78, 5) is 50.2. The predicted molar refractivity (Wildman–Crippen MR) is 206 cm³/mol.